The maximum Gasteiger partial charge on any atom is 0.0119 e. The molecule has 0 heterocycles. The Labute approximate surface area is 78.7 Å². The van der Waals surface area contributed by atoms with Crippen LogP contribution in [-0.4, -0.2) is 12.8 Å². The lowest BCUT2D eigenvalue weighted by Gasteiger charge is -2.00. The topological polar surface area (TPSA) is 12.0 Å². The summed E-state index contributed by atoms with van der Waals surface area (Å²) in [4.78, 5) is 0. The van der Waals surface area contributed by atoms with Crippen molar-refractivity contribution >= 4 is 11.9 Å². The molecule has 1 aromatic carbocycles. The number of hydrogen-bond acceptors (Lipinski definition) is 2. The van der Waals surface area contributed by atoms with E-state index >= 15 is 0 Å². The quantitative estimate of drug-likeness (QED) is 0.565. The van der Waals surface area contributed by atoms with E-state index in [9.17, 15) is 0 Å². The van der Waals surface area contributed by atoms with Crippen molar-refractivity contribution in [3.05, 3.63) is 35.4 Å². The molecule has 0 aliphatic carbocycles. The molecule has 66 valence electrons. The van der Waals surface area contributed by atoms with E-state index in [1.54, 1.807) is 11.9 Å². The first-order chi connectivity index (χ1) is 5.83. The maximum absolute atomic E-state index is 3.07. The molecule has 12 heavy (non-hydrogen) atoms. The highest BCUT2D eigenvalue weighted by Crippen LogP contribution is 2.06. The molecule has 0 aromatic heterocycles. The zero-order valence-electron chi connectivity index (χ0n) is 7.63. The molecule has 1 nitrogen and oxygen atoms in total. The molecule has 0 unspecified atom stereocenters. The molecule has 0 amide bonds. The smallest absolute Gasteiger partial charge is 0.0119 e. The molecule has 0 aliphatic heterocycles. The lowest BCUT2D eigenvalue weighted by atomic mass is 10.1. The van der Waals surface area contributed by atoms with Crippen molar-refractivity contribution in [2.45, 2.75) is 13.3 Å². The van der Waals surface area contributed by atoms with Gasteiger partial charge in [-0.1, -0.05) is 41.8 Å². The minimum atomic E-state index is 1.14. The number of hydrogen-bond donors (Lipinski definition) is 1. The molecular weight excluding hydrogens is 166 g/mol. The Kier molecular flexibility index (Phi) is 4.19. The SMILES string of the molecule is CNSCCc1ccc(C)cc1. The molecule has 1 aromatic rings. The fraction of sp³-hybridized carbons (Fsp3) is 0.400. The summed E-state index contributed by atoms with van der Waals surface area (Å²) in [5.41, 5.74) is 2.75. The molecule has 0 spiro atoms. The fourth-order valence-corrected chi connectivity index (χ4v) is 1.57. The molecule has 0 bridgehead atoms. The molecule has 0 saturated carbocycles. The monoisotopic (exact) mass is 181 g/mol. The van der Waals surface area contributed by atoms with Crippen molar-refractivity contribution in [2.75, 3.05) is 12.8 Å². The van der Waals surface area contributed by atoms with Crippen LogP contribution < -0.4 is 4.72 Å². The molecule has 1 rings (SSSR count). The van der Waals surface area contributed by atoms with Crippen LogP contribution in [0.2, 0.25) is 0 Å². The van der Waals surface area contributed by atoms with Crippen molar-refractivity contribution in [2.24, 2.45) is 0 Å². The third kappa shape index (κ3) is 3.28. The van der Waals surface area contributed by atoms with Crippen LogP contribution in [0.15, 0.2) is 24.3 Å². The van der Waals surface area contributed by atoms with E-state index in [-0.39, 0.29) is 0 Å². The summed E-state index contributed by atoms with van der Waals surface area (Å²) < 4.78 is 3.07. The third-order valence-corrected chi connectivity index (χ3v) is 2.45. The summed E-state index contributed by atoms with van der Waals surface area (Å²) in [7, 11) is 1.96. The average Bonchev–Trinajstić information content (AvgIpc) is 2.09. The normalized spacial score (nSPS) is 10.2. The van der Waals surface area contributed by atoms with Crippen LogP contribution in [-0.2, 0) is 6.42 Å². The van der Waals surface area contributed by atoms with Gasteiger partial charge in [0.1, 0.15) is 0 Å². The number of benzene rings is 1. The minimum Gasteiger partial charge on any atom is -0.267 e. The fourth-order valence-electron chi connectivity index (χ4n) is 1.03. The van der Waals surface area contributed by atoms with E-state index in [1.165, 1.54) is 11.1 Å². The van der Waals surface area contributed by atoms with Gasteiger partial charge in [0, 0.05) is 5.75 Å². The summed E-state index contributed by atoms with van der Waals surface area (Å²) in [5.74, 6) is 1.14. The standard InChI is InChI=1S/C10H15NS/c1-9-3-5-10(6-4-9)7-8-12-11-2/h3-6,11H,7-8H2,1-2H3. The van der Waals surface area contributed by atoms with E-state index < -0.39 is 0 Å². The molecule has 2 heteroatoms. The van der Waals surface area contributed by atoms with Crippen molar-refractivity contribution in [3.63, 3.8) is 0 Å². The van der Waals surface area contributed by atoms with Gasteiger partial charge < -0.3 is 0 Å². The van der Waals surface area contributed by atoms with Gasteiger partial charge in [-0.2, -0.15) is 0 Å². The second kappa shape index (κ2) is 5.22. The van der Waals surface area contributed by atoms with Gasteiger partial charge in [0.05, 0.1) is 0 Å². The van der Waals surface area contributed by atoms with Crippen molar-refractivity contribution in [1.82, 2.24) is 4.72 Å². The highest BCUT2D eigenvalue weighted by molar-refractivity contribution is 7.97. The summed E-state index contributed by atoms with van der Waals surface area (Å²) in [6.45, 7) is 2.12. The van der Waals surface area contributed by atoms with E-state index in [0.29, 0.717) is 0 Å². The first kappa shape index (κ1) is 9.62. The van der Waals surface area contributed by atoms with Crippen LogP contribution in [0.3, 0.4) is 0 Å². The maximum atomic E-state index is 3.07. The van der Waals surface area contributed by atoms with E-state index in [4.69, 9.17) is 0 Å². The van der Waals surface area contributed by atoms with Crippen molar-refractivity contribution in [3.8, 4) is 0 Å². The lowest BCUT2D eigenvalue weighted by Crippen LogP contribution is -1.96. The Balaban J connectivity index is 2.37. The van der Waals surface area contributed by atoms with Gasteiger partial charge in [0.15, 0.2) is 0 Å². The van der Waals surface area contributed by atoms with Gasteiger partial charge in [-0.25, -0.2) is 0 Å². The van der Waals surface area contributed by atoms with Crippen LogP contribution in [0.25, 0.3) is 0 Å². The van der Waals surface area contributed by atoms with Gasteiger partial charge in [-0.05, 0) is 26.0 Å². The highest BCUT2D eigenvalue weighted by Gasteiger charge is 1.91. The van der Waals surface area contributed by atoms with Crippen LogP contribution in [0.1, 0.15) is 11.1 Å². The summed E-state index contributed by atoms with van der Waals surface area (Å²) >= 11 is 1.76. The van der Waals surface area contributed by atoms with Crippen LogP contribution in [0, 0.1) is 6.92 Å². The van der Waals surface area contributed by atoms with Gasteiger partial charge in [-0.3, -0.25) is 4.72 Å². The molecule has 0 saturated heterocycles. The van der Waals surface area contributed by atoms with Gasteiger partial charge >= 0.3 is 0 Å². The largest absolute Gasteiger partial charge is 0.267 e. The van der Waals surface area contributed by atoms with E-state index in [2.05, 4.69) is 35.9 Å². The van der Waals surface area contributed by atoms with Crippen LogP contribution >= 0.6 is 11.9 Å². The Morgan fingerprint density at radius 1 is 1.25 bits per heavy atom. The first-order valence-electron chi connectivity index (χ1n) is 4.17. The van der Waals surface area contributed by atoms with Gasteiger partial charge in [0.25, 0.3) is 0 Å². The zero-order valence-corrected chi connectivity index (χ0v) is 8.45. The van der Waals surface area contributed by atoms with Crippen molar-refractivity contribution in [1.29, 1.82) is 0 Å². The van der Waals surface area contributed by atoms with Gasteiger partial charge in [0.2, 0.25) is 0 Å². The molecule has 1 N–H and O–H groups in total. The summed E-state index contributed by atoms with van der Waals surface area (Å²) in [5, 5.41) is 0. The molecule has 0 fully saturated rings. The van der Waals surface area contributed by atoms with Crippen LogP contribution in [0.5, 0.6) is 0 Å². The lowest BCUT2D eigenvalue weighted by molar-refractivity contribution is 1.14. The predicted molar refractivity (Wildman–Crippen MR) is 56.4 cm³/mol. The van der Waals surface area contributed by atoms with E-state index in [0.717, 1.165) is 12.2 Å². The predicted octanol–water partition coefficient (Wildman–Crippen LogP) is 2.41. The number of rotatable bonds is 4. The number of nitrogens with one attached hydrogen (secondary N) is 1. The van der Waals surface area contributed by atoms with E-state index in [1.807, 2.05) is 7.05 Å². The molecule has 0 aliphatic rings. The Bertz CT molecular complexity index is 218. The number of aryl methyl sites for hydroxylation is 2. The van der Waals surface area contributed by atoms with Crippen LogP contribution in [0.4, 0.5) is 0 Å². The van der Waals surface area contributed by atoms with Crippen molar-refractivity contribution < 1.29 is 0 Å². The molecular formula is C10H15NS. The summed E-state index contributed by atoms with van der Waals surface area (Å²) in [6.07, 6.45) is 1.14. The Hall–Kier alpha value is -0.470. The third-order valence-electron chi connectivity index (χ3n) is 1.76. The second-order valence-electron chi connectivity index (χ2n) is 2.79. The highest BCUT2D eigenvalue weighted by atomic mass is 32.2. The second-order valence-corrected chi connectivity index (χ2v) is 3.89. The first-order valence-corrected chi connectivity index (χ1v) is 5.15. The molecule has 0 radical (unpaired) electrons. The minimum absolute atomic E-state index is 1.14. The Morgan fingerprint density at radius 3 is 2.50 bits per heavy atom. The summed E-state index contributed by atoms with van der Waals surface area (Å²) in [6, 6.07) is 8.73. The average molecular weight is 181 g/mol. The Morgan fingerprint density at radius 2 is 1.92 bits per heavy atom. The van der Waals surface area contributed by atoms with Gasteiger partial charge in [-0.15, -0.1) is 0 Å². The molecule has 0 atom stereocenters. The zero-order chi connectivity index (χ0) is 8.81.